The molecular weight excluding hydrogens is 328 g/mol. The summed E-state index contributed by atoms with van der Waals surface area (Å²) in [6.45, 7) is 6.09. The van der Waals surface area contributed by atoms with Crippen LogP contribution in [0.4, 0.5) is 11.4 Å². The average Bonchev–Trinajstić information content (AvgIpc) is 3.48. The number of aromatic nitrogens is 1. The Bertz CT molecular complexity index is 781. The lowest BCUT2D eigenvalue weighted by Gasteiger charge is -2.21. The topological polar surface area (TPSA) is 74.3 Å². The number of carbonyl (C=O) groups is 2. The zero-order chi connectivity index (χ0) is 18.5. The highest BCUT2D eigenvalue weighted by molar-refractivity contribution is 6.05. The van der Waals surface area contributed by atoms with Crippen LogP contribution in [-0.2, 0) is 0 Å². The molecule has 1 aliphatic carbocycles. The molecule has 6 nitrogen and oxygen atoms in total. The first-order valence-corrected chi connectivity index (χ1v) is 9.03. The predicted molar refractivity (Wildman–Crippen MR) is 103 cm³/mol. The van der Waals surface area contributed by atoms with E-state index in [0.717, 1.165) is 31.6 Å². The quantitative estimate of drug-likeness (QED) is 0.803. The van der Waals surface area contributed by atoms with E-state index in [1.54, 1.807) is 6.07 Å². The molecule has 0 aliphatic heterocycles. The van der Waals surface area contributed by atoms with E-state index >= 15 is 0 Å². The van der Waals surface area contributed by atoms with Crippen molar-refractivity contribution >= 4 is 23.2 Å². The van der Waals surface area contributed by atoms with Gasteiger partial charge in [0.25, 0.3) is 11.8 Å². The molecule has 2 aromatic rings. The van der Waals surface area contributed by atoms with Crippen LogP contribution in [0.2, 0.25) is 0 Å². The van der Waals surface area contributed by atoms with Gasteiger partial charge in [-0.05, 0) is 57.0 Å². The van der Waals surface area contributed by atoms with Crippen LogP contribution in [0.25, 0.3) is 0 Å². The van der Waals surface area contributed by atoms with E-state index in [0.29, 0.717) is 16.8 Å². The summed E-state index contributed by atoms with van der Waals surface area (Å²) in [7, 11) is 0. The van der Waals surface area contributed by atoms with Crippen LogP contribution in [0.1, 0.15) is 47.4 Å². The number of nitrogens with one attached hydrogen (secondary N) is 2. The Labute approximate surface area is 153 Å². The van der Waals surface area contributed by atoms with E-state index in [-0.39, 0.29) is 17.9 Å². The fourth-order valence-electron chi connectivity index (χ4n) is 2.73. The summed E-state index contributed by atoms with van der Waals surface area (Å²) in [4.78, 5) is 30.8. The normalized spacial score (nSPS) is 13.2. The Morgan fingerprint density at radius 3 is 2.23 bits per heavy atom. The molecule has 0 saturated heterocycles. The molecule has 1 fully saturated rings. The lowest BCUT2D eigenvalue weighted by Crippen LogP contribution is -2.26. The number of pyridine rings is 1. The van der Waals surface area contributed by atoms with Crippen molar-refractivity contribution in [1.82, 2.24) is 10.3 Å². The van der Waals surface area contributed by atoms with Gasteiger partial charge in [0, 0.05) is 42.9 Å². The second-order valence-electron chi connectivity index (χ2n) is 6.38. The molecule has 26 heavy (non-hydrogen) atoms. The second-order valence-corrected chi connectivity index (χ2v) is 6.38. The summed E-state index contributed by atoms with van der Waals surface area (Å²) in [5, 5.41) is 5.75. The zero-order valence-electron chi connectivity index (χ0n) is 15.2. The minimum Gasteiger partial charge on any atom is -0.372 e. The van der Waals surface area contributed by atoms with Gasteiger partial charge < -0.3 is 15.5 Å². The maximum Gasteiger partial charge on any atom is 0.257 e. The van der Waals surface area contributed by atoms with Gasteiger partial charge >= 0.3 is 0 Å². The number of nitrogens with zero attached hydrogens (tertiary/aromatic N) is 2. The highest BCUT2D eigenvalue weighted by Crippen LogP contribution is 2.20. The van der Waals surface area contributed by atoms with E-state index < -0.39 is 0 Å². The van der Waals surface area contributed by atoms with Crippen molar-refractivity contribution in [3.8, 4) is 0 Å². The molecule has 1 aliphatic rings. The summed E-state index contributed by atoms with van der Waals surface area (Å²) >= 11 is 0. The highest BCUT2D eigenvalue weighted by Gasteiger charge is 2.24. The average molecular weight is 352 g/mol. The number of benzene rings is 1. The molecule has 2 N–H and O–H groups in total. The van der Waals surface area contributed by atoms with Gasteiger partial charge in [-0.1, -0.05) is 0 Å². The molecule has 2 amide bonds. The number of anilines is 2. The fraction of sp³-hybridized carbons (Fsp3) is 0.350. The van der Waals surface area contributed by atoms with Crippen molar-refractivity contribution < 1.29 is 9.59 Å². The number of rotatable bonds is 7. The Balaban J connectivity index is 1.66. The van der Waals surface area contributed by atoms with Crippen molar-refractivity contribution in [2.24, 2.45) is 0 Å². The Hall–Kier alpha value is -2.89. The fourth-order valence-corrected chi connectivity index (χ4v) is 2.73. The molecule has 0 spiro atoms. The third-order valence-electron chi connectivity index (χ3n) is 4.43. The molecule has 0 bridgehead atoms. The Kier molecular flexibility index (Phi) is 5.51. The van der Waals surface area contributed by atoms with Crippen molar-refractivity contribution in [2.75, 3.05) is 23.3 Å². The van der Waals surface area contributed by atoms with Crippen LogP contribution in [0, 0.1) is 0 Å². The monoisotopic (exact) mass is 352 g/mol. The minimum absolute atomic E-state index is 0.182. The van der Waals surface area contributed by atoms with Gasteiger partial charge in [0.2, 0.25) is 0 Å². The van der Waals surface area contributed by atoms with Crippen molar-refractivity contribution in [1.29, 1.82) is 0 Å². The number of hydrogen-bond acceptors (Lipinski definition) is 4. The molecule has 1 heterocycles. The first-order valence-electron chi connectivity index (χ1n) is 9.03. The number of hydrogen-bond donors (Lipinski definition) is 2. The van der Waals surface area contributed by atoms with Gasteiger partial charge in [0.1, 0.15) is 0 Å². The molecule has 1 saturated carbocycles. The molecule has 3 rings (SSSR count). The van der Waals surface area contributed by atoms with Crippen LogP contribution in [-0.4, -0.2) is 35.9 Å². The third kappa shape index (κ3) is 4.39. The van der Waals surface area contributed by atoms with Gasteiger partial charge in [0.05, 0.1) is 11.1 Å². The Morgan fingerprint density at radius 1 is 1.04 bits per heavy atom. The summed E-state index contributed by atoms with van der Waals surface area (Å²) in [6, 6.07) is 9.57. The minimum atomic E-state index is -0.283. The van der Waals surface area contributed by atoms with Crippen molar-refractivity contribution in [3.63, 3.8) is 0 Å². The summed E-state index contributed by atoms with van der Waals surface area (Å²) in [5.41, 5.74) is 2.59. The van der Waals surface area contributed by atoms with E-state index in [4.69, 9.17) is 0 Å². The maximum atomic E-state index is 12.5. The SMILES string of the molecule is CCN(CC)c1ccc(NC(=O)c2cncc(C(=O)NC3CC3)c2)cc1. The van der Waals surface area contributed by atoms with Crippen molar-refractivity contribution in [3.05, 3.63) is 53.9 Å². The van der Waals surface area contributed by atoms with Gasteiger partial charge in [-0.2, -0.15) is 0 Å². The van der Waals surface area contributed by atoms with Gasteiger partial charge in [-0.25, -0.2) is 0 Å². The second kappa shape index (κ2) is 7.99. The Morgan fingerprint density at radius 2 is 1.65 bits per heavy atom. The first-order chi connectivity index (χ1) is 12.6. The molecular formula is C20H24N4O2. The highest BCUT2D eigenvalue weighted by atomic mass is 16.2. The standard InChI is InChI=1S/C20H24N4O2/c1-3-24(4-2)18-9-7-17(8-10-18)23-20(26)15-11-14(12-21-13-15)19(25)22-16-5-6-16/h7-13,16H,3-6H2,1-2H3,(H,22,25)(H,23,26). The van der Waals surface area contributed by atoms with Gasteiger partial charge in [-0.15, -0.1) is 0 Å². The summed E-state index contributed by atoms with van der Waals surface area (Å²) in [6.07, 6.45) is 4.98. The summed E-state index contributed by atoms with van der Waals surface area (Å²) < 4.78 is 0. The first kappa shape index (κ1) is 17.9. The van der Waals surface area contributed by atoms with E-state index in [1.165, 1.54) is 12.4 Å². The molecule has 0 unspecified atom stereocenters. The zero-order valence-corrected chi connectivity index (χ0v) is 15.2. The van der Waals surface area contributed by atoms with Crippen LogP contribution >= 0.6 is 0 Å². The third-order valence-corrected chi connectivity index (χ3v) is 4.43. The number of amides is 2. The van der Waals surface area contributed by atoms with E-state index in [2.05, 4.69) is 34.4 Å². The molecule has 1 aromatic heterocycles. The molecule has 1 aromatic carbocycles. The van der Waals surface area contributed by atoms with Crippen LogP contribution in [0.3, 0.4) is 0 Å². The predicted octanol–water partition coefficient (Wildman–Crippen LogP) is 3.07. The van der Waals surface area contributed by atoms with Crippen LogP contribution < -0.4 is 15.5 Å². The summed E-state index contributed by atoms with van der Waals surface area (Å²) in [5.74, 6) is -0.465. The molecule has 136 valence electrons. The molecule has 0 atom stereocenters. The smallest absolute Gasteiger partial charge is 0.257 e. The van der Waals surface area contributed by atoms with E-state index in [1.807, 2.05) is 24.3 Å². The number of carbonyl (C=O) groups excluding carboxylic acids is 2. The maximum absolute atomic E-state index is 12.5. The largest absolute Gasteiger partial charge is 0.372 e. The van der Waals surface area contributed by atoms with Crippen LogP contribution in [0.5, 0.6) is 0 Å². The molecule has 0 radical (unpaired) electrons. The van der Waals surface area contributed by atoms with E-state index in [9.17, 15) is 9.59 Å². The van der Waals surface area contributed by atoms with Gasteiger partial charge in [0.15, 0.2) is 0 Å². The molecule has 6 heteroatoms. The van der Waals surface area contributed by atoms with Gasteiger partial charge in [-0.3, -0.25) is 14.6 Å². The van der Waals surface area contributed by atoms with Crippen molar-refractivity contribution in [2.45, 2.75) is 32.7 Å². The van der Waals surface area contributed by atoms with Crippen LogP contribution in [0.15, 0.2) is 42.7 Å². The lowest BCUT2D eigenvalue weighted by molar-refractivity contribution is 0.0950. The lowest BCUT2D eigenvalue weighted by atomic mass is 10.1.